The number of carbonyl (C=O) groups is 1. The molecule has 0 amide bonds. The molecule has 0 spiro atoms. The van der Waals surface area contributed by atoms with Crippen LogP contribution in [0.5, 0.6) is 11.5 Å². The summed E-state index contributed by atoms with van der Waals surface area (Å²) in [5, 5.41) is 11.4. The lowest BCUT2D eigenvalue weighted by atomic mass is 10.1. The molecule has 7 heteroatoms. The average molecular weight is 398 g/mol. The van der Waals surface area contributed by atoms with Crippen molar-refractivity contribution in [3.63, 3.8) is 0 Å². The molecule has 28 heavy (non-hydrogen) atoms. The molecule has 0 radical (unpaired) electrons. The highest BCUT2D eigenvalue weighted by Crippen LogP contribution is 2.33. The van der Waals surface area contributed by atoms with Crippen molar-refractivity contribution in [2.45, 2.75) is 13.5 Å². The lowest BCUT2D eigenvalue weighted by Crippen LogP contribution is -2.05. The fraction of sp³-hybridized carbons (Fsp3) is 0.0952. The first-order valence-corrected chi connectivity index (χ1v) is 8.75. The molecule has 0 N–H and O–H groups in total. The number of hydrogen-bond acceptors (Lipinski definition) is 5. The molecule has 0 aliphatic rings. The molecular weight excluding hydrogens is 382 g/mol. The topological polar surface area (TPSA) is 78.7 Å². The number of benzene rings is 3. The van der Waals surface area contributed by atoms with Crippen molar-refractivity contribution in [1.82, 2.24) is 0 Å². The molecule has 3 aromatic carbocycles. The monoisotopic (exact) mass is 397 g/mol. The molecule has 6 nitrogen and oxygen atoms in total. The minimum atomic E-state index is -0.571. The van der Waals surface area contributed by atoms with Crippen LogP contribution < -0.4 is 4.74 Å². The van der Waals surface area contributed by atoms with E-state index in [0.29, 0.717) is 11.3 Å². The summed E-state index contributed by atoms with van der Waals surface area (Å²) in [7, 11) is 0. The maximum Gasteiger partial charge on any atom is 0.338 e. The summed E-state index contributed by atoms with van der Waals surface area (Å²) >= 11 is 5.79. The van der Waals surface area contributed by atoms with Crippen molar-refractivity contribution in [2.24, 2.45) is 0 Å². The van der Waals surface area contributed by atoms with Gasteiger partial charge in [-0.15, -0.1) is 0 Å². The first-order chi connectivity index (χ1) is 13.4. The molecule has 0 fully saturated rings. The number of carbonyl (C=O) groups excluding carboxylic acids is 1. The Kier molecular flexibility index (Phi) is 5.91. The molecule has 0 aliphatic heterocycles. The zero-order chi connectivity index (χ0) is 20.1. The Labute approximate surface area is 166 Å². The van der Waals surface area contributed by atoms with E-state index < -0.39 is 10.9 Å². The van der Waals surface area contributed by atoms with Crippen LogP contribution in [0, 0.1) is 17.0 Å². The van der Waals surface area contributed by atoms with Gasteiger partial charge in [-0.2, -0.15) is 0 Å². The van der Waals surface area contributed by atoms with Gasteiger partial charge in [0.25, 0.3) is 0 Å². The van der Waals surface area contributed by atoms with Gasteiger partial charge in [0.2, 0.25) is 5.75 Å². The van der Waals surface area contributed by atoms with Crippen LogP contribution >= 0.6 is 11.6 Å². The van der Waals surface area contributed by atoms with Gasteiger partial charge in [-0.3, -0.25) is 10.1 Å². The fourth-order valence-corrected chi connectivity index (χ4v) is 2.67. The lowest BCUT2D eigenvalue weighted by molar-refractivity contribution is -0.385. The molecule has 142 valence electrons. The van der Waals surface area contributed by atoms with Crippen molar-refractivity contribution >= 4 is 23.3 Å². The molecule has 0 saturated heterocycles. The van der Waals surface area contributed by atoms with E-state index in [4.69, 9.17) is 21.1 Å². The number of nitro groups is 1. The fourth-order valence-electron chi connectivity index (χ4n) is 2.50. The van der Waals surface area contributed by atoms with Gasteiger partial charge < -0.3 is 9.47 Å². The third-order valence-electron chi connectivity index (χ3n) is 4.06. The molecule has 3 aromatic rings. The van der Waals surface area contributed by atoms with E-state index in [1.54, 1.807) is 12.1 Å². The molecular formula is C21H16ClNO5. The minimum Gasteiger partial charge on any atom is -0.457 e. The van der Waals surface area contributed by atoms with E-state index in [2.05, 4.69) is 0 Å². The standard InChI is InChI=1S/C21H16ClNO5/c1-14-4-2-3-5-16(14)13-27-21(24)15-6-9-18(10-7-15)28-20-11-8-17(22)12-19(20)23(25)26/h2-12H,13H2,1H3. The Morgan fingerprint density at radius 3 is 2.46 bits per heavy atom. The van der Waals surface area contributed by atoms with Gasteiger partial charge in [-0.05, 0) is 54.4 Å². The molecule has 0 atom stereocenters. The number of aryl methyl sites for hydroxylation is 1. The Balaban J connectivity index is 1.67. The second-order valence-electron chi connectivity index (χ2n) is 6.00. The largest absolute Gasteiger partial charge is 0.457 e. The van der Waals surface area contributed by atoms with Crippen LogP contribution in [-0.2, 0) is 11.3 Å². The summed E-state index contributed by atoms with van der Waals surface area (Å²) in [6.07, 6.45) is 0. The second-order valence-corrected chi connectivity index (χ2v) is 6.43. The first-order valence-electron chi connectivity index (χ1n) is 8.37. The zero-order valence-electron chi connectivity index (χ0n) is 14.9. The highest BCUT2D eigenvalue weighted by molar-refractivity contribution is 6.30. The Morgan fingerprint density at radius 2 is 1.79 bits per heavy atom. The average Bonchev–Trinajstić information content (AvgIpc) is 2.69. The maximum atomic E-state index is 12.2. The number of ether oxygens (including phenoxy) is 2. The second kappa shape index (κ2) is 8.54. The van der Waals surface area contributed by atoms with Gasteiger partial charge in [-0.25, -0.2) is 4.79 Å². The Bertz CT molecular complexity index is 1020. The molecule has 0 aromatic heterocycles. The van der Waals surface area contributed by atoms with E-state index in [1.807, 2.05) is 31.2 Å². The summed E-state index contributed by atoms with van der Waals surface area (Å²) in [5.74, 6) is -0.0579. The molecule has 0 saturated carbocycles. The molecule has 0 heterocycles. The normalized spacial score (nSPS) is 10.4. The maximum absolute atomic E-state index is 12.2. The van der Waals surface area contributed by atoms with E-state index in [1.165, 1.54) is 30.3 Å². The highest BCUT2D eigenvalue weighted by Gasteiger charge is 2.17. The van der Waals surface area contributed by atoms with Crippen LogP contribution in [0.15, 0.2) is 66.7 Å². The van der Waals surface area contributed by atoms with Crippen LogP contribution in [0.1, 0.15) is 21.5 Å². The summed E-state index contributed by atoms with van der Waals surface area (Å²) in [6.45, 7) is 2.13. The van der Waals surface area contributed by atoms with Gasteiger partial charge in [0.1, 0.15) is 12.4 Å². The van der Waals surface area contributed by atoms with Gasteiger partial charge >= 0.3 is 11.7 Å². The number of nitrogens with zero attached hydrogens (tertiary/aromatic N) is 1. The third-order valence-corrected chi connectivity index (χ3v) is 4.29. The van der Waals surface area contributed by atoms with Crippen LogP contribution in [-0.4, -0.2) is 10.9 Å². The van der Waals surface area contributed by atoms with Crippen LogP contribution in [0.25, 0.3) is 0 Å². The molecule has 3 rings (SSSR count). The quantitative estimate of drug-likeness (QED) is 0.302. The van der Waals surface area contributed by atoms with Crippen LogP contribution in [0.2, 0.25) is 5.02 Å². The summed E-state index contributed by atoms with van der Waals surface area (Å²) in [4.78, 5) is 22.8. The van der Waals surface area contributed by atoms with Gasteiger partial charge in [0, 0.05) is 11.1 Å². The van der Waals surface area contributed by atoms with Crippen LogP contribution in [0.4, 0.5) is 5.69 Å². The smallest absolute Gasteiger partial charge is 0.338 e. The van der Waals surface area contributed by atoms with Crippen molar-refractivity contribution in [3.8, 4) is 11.5 Å². The molecule has 0 aliphatic carbocycles. The van der Waals surface area contributed by atoms with E-state index in [-0.39, 0.29) is 23.1 Å². The first kappa shape index (κ1) is 19.4. The number of nitro benzene ring substituents is 1. The van der Waals surface area contributed by atoms with E-state index in [9.17, 15) is 14.9 Å². The summed E-state index contributed by atoms with van der Waals surface area (Å²) in [6, 6.07) is 18.0. The lowest BCUT2D eigenvalue weighted by Gasteiger charge is -2.09. The number of hydrogen-bond donors (Lipinski definition) is 0. The Hall–Kier alpha value is -3.38. The van der Waals surface area contributed by atoms with Crippen LogP contribution in [0.3, 0.4) is 0 Å². The zero-order valence-corrected chi connectivity index (χ0v) is 15.7. The van der Waals surface area contributed by atoms with Crippen molar-refractivity contribution in [1.29, 1.82) is 0 Å². The summed E-state index contributed by atoms with van der Waals surface area (Å²) in [5.41, 5.74) is 2.09. The van der Waals surface area contributed by atoms with Gasteiger partial charge in [0.15, 0.2) is 0 Å². The van der Waals surface area contributed by atoms with E-state index in [0.717, 1.165) is 11.1 Å². The Morgan fingerprint density at radius 1 is 1.07 bits per heavy atom. The highest BCUT2D eigenvalue weighted by atomic mass is 35.5. The van der Waals surface area contributed by atoms with Gasteiger partial charge in [0.05, 0.1) is 10.5 Å². The predicted octanol–water partition coefficient (Wildman–Crippen LogP) is 5.71. The molecule has 0 unspecified atom stereocenters. The van der Waals surface area contributed by atoms with Crippen molar-refractivity contribution in [2.75, 3.05) is 0 Å². The number of halogens is 1. The third kappa shape index (κ3) is 4.66. The van der Waals surface area contributed by atoms with Gasteiger partial charge in [-0.1, -0.05) is 35.9 Å². The number of rotatable bonds is 6. The summed E-state index contributed by atoms with van der Waals surface area (Å²) < 4.78 is 10.9. The molecule has 0 bridgehead atoms. The van der Waals surface area contributed by atoms with E-state index >= 15 is 0 Å². The predicted molar refractivity (Wildman–Crippen MR) is 105 cm³/mol. The minimum absolute atomic E-state index is 0.0595. The number of esters is 1. The van der Waals surface area contributed by atoms with Crippen molar-refractivity contribution in [3.05, 3.63) is 98.6 Å². The SMILES string of the molecule is Cc1ccccc1COC(=O)c1ccc(Oc2ccc(Cl)cc2[N+](=O)[O-])cc1. The van der Waals surface area contributed by atoms with Crippen molar-refractivity contribution < 1.29 is 19.2 Å².